The van der Waals surface area contributed by atoms with Crippen LogP contribution in [0.3, 0.4) is 0 Å². The summed E-state index contributed by atoms with van der Waals surface area (Å²) >= 11 is 0. The van der Waals surface area contributed by atoms with Crippen molar-refractivity contribution >= 4 is 5.82 Å². The van der Waals surface area contributed by atoms with E-state index in [0.29, 0.717) is 12.4 Å². The van der Waals surface area contributed by atoms with Crippen molar-refractivity contribution in [3.05, 3.63) is 47.2 Å². The number of benzene rings is 1. The predicted molar refractivity (Wildman–Crippen MR) is 81.7 cm³/mol. The monoisotopic (exact) mass is 273 g/mol. The van der Waals surface area contributed by atoms with Gasteiger partial charge in [0.25, 0.3) is 0 Å². The van der Waals surface area contributed by atoms with Gasteiger partial charge < -0.3 is 10.8 Å². The molecule has 4 heteroatoms. The summed E-state index contributed by atoms with van der Waals surface area (Å²) in [5, 5.41) is 13.3. The highest BCUT2D eigenvalue weighted by molar-refractivity contribution is 5.35. The average Bonchev–Trinajstić information content (AvgIpc) is 2.70. The lowest BCUT2D eigenvalue weighted by atomic mass is 9.86. The molecular weight excluding hydrogens is 250 g/mol. The number of rotatable bonds is 4. The minimum atomic E-state index is 0.0472. The SMILES string of the molecule is CC(C)(C)c1ccc(Cc2cc(N)n(CCO)n2)cc1. The van der Waals surface area contributed by atoms with Crippen LogP contribution >= 0.6 is 0 Å². The Bertz CT molecular complexity index is 564. The first-order chi connectivity index (χ1) is 9.40. The lowest BCUT2D eigenvalue weighted by Gasteiger charge is -2.19. The third-order valence-electron chi connectivity index (χ3n) is 3.38. The summed E-state index contributed by atoms with van der Waals surface area (Å²) < 4.78 is 1.64. The number of aliphatic hydroxyl groups excluding tert-OH is 1. The smallest absolute Gasteiger partial charge is 0.122 e. The average molecular weight is 273 g/mol. The van der Waals surface area contributed by atoms with Gasteiger partial charge in [0.2, 0.25) is 0 Å². The summed E-state index contributed by atoms with van der Waals surface area (Å²) in [7, 11) is 0. The highest BCUT2D eigenvalue weighted by Gasteiger charge is 2.13. The Morgan fingerprint density at radius 3 is 2.40 bits per heavy atom. The molecule has 1 heterocycles. The lowest BCUT2D eigenvalue weighted by Crippen LogP contribution is -2.10. The molecule has 0 unspecified atom stereocenters. The van der Waals surface area contributed by atoms with E-state index in [9.17, 15) is 0 Å². The molecule has 2 aromatic rings. The van der Waals surface area contributed by atoms with E-state index < -0.39 is 0 Å². The highest BCUT2D eigenvalue weighted by Crippen LogP contribution is 2.23. The molecule has 108 valence electrons. The summed E-state index contributed by atoms with van der Waals surface area (Å²) in [5.41, 5.74) is 9.49. The van der Waals surface area contributed by atoms with E-state index in [1.807, 2.05) is 6.07 Å². The number of aliphatic hydroxyl groups is 1. The number of anilines is 1. The maximum absolute atomic E-state index is 8.93. The molecule has 1 aromatic carbocycles. The molecule has 0 aliphatic heterocycles. The molecule has 0 aliphatic carbocycles. The molecule has 1 aromatic heterocycles. The first-order valence-electron chi connectivity index (χ1n) is 6.92. The number of nitrogen functional groups attached to an aromatic ring is 1. The zero-order chi connectivity index (χ0) is 14.8. The Morgan fingerprint density at radius 2 is 1.85 bits per heavy atom. The maximum Gasteiger partial charge on any atom is 0.122 e. The van der Waals surface area contributed by atoms with Crippen LogP contribution in [0.5, 0.6) is 0 Å². The third-order valence-corrected chi connectivity index (χ3v) is 3.38. The van der Waals surface area contributed by atoms with Gasteiger partial charge in [-0.25, -0.2) is 4.68 Å². The van der Waals surface area contributed by atoms with E-state index in [1.165, 1.54) is 11.1 Å². The van der Waals surface area contributed by atoms with Crippen LogP contribution in [0.15, 0.2) is 30.3 Å². The van der Waals surface area contributed by atoms with Crippen molar-refractivity contribution in [1.29, 1.82) is 0 Å². The van der Waals surface area contributed by atoms with Crippen LogP contribution in [0.4, 0.5) is 5.82 Å². The van der Waals surface area contributed by atoms with Gasteiger partial charge in [0.05, 0.1) is 18.8 Å². The van der Waals surface area contributed by atoms with Crippen molar-refractivity contribution < 1.29 is 5.11 Å². The van der Waals surface area contributed by atoms with Gasteiger partial charge in [0.1, 0.15) is 5.82 Å². The van der Waals surface area contributed by atoms with Gasteiger partial charge in [-0.05, 0) is 16.5 Å². The molecule has 0 saturated carbocycles. The van der Waals surface area contributed by atoms with Crippen LogP contribution in [-0.2, 0) is 18.4 Å². The summed E-state index contributed by atoms with van der Waals surface area (Å²) in [6.45, 7) is 7.11. The van der Waals surface area contributed by atoms with Crippen molar-refractivity contribution in [3.8, 4) is 0 Å². The predicted octanol–water partition coefficient (Wildman–Crippen LogP) is 2.35. The van der Waals surface area contributed by atoms with Crippen LogP contribution in [-0.4, -0.2) is 21.5 Å². The number of nitrogens with two attached hydrogens (primary N) is 1. The van der Waals surface area contributed by atoms with Gasteiger partial charge in [0.15, 0.2) is 0 Å². The first kappa shape index (κ1) is 14.6. The van der Waals surface area contributed by atoms with Crippen LogP contribution in [0.2, 0.25) is 0 Å². The lowest BCUT2D eigenvalue weighted by molar-refractivity contribution is 0.270. The molecule has 0 amide bonds. The first-order valence-corrected chi connectivity index (χ1v) is 6.92. The van der Waals surface area contributed by atoms with Crippen molar-refractivity contribution in [1.82, 2.24) is 9.78 Å². The van der Waals surface area contributed by atoms with Gasteiger partial charge in [-0.15, -0.1) is 0 Å². The standard InChI is InChI=1S/C16H23N3O/c1-16(2,3)13-6-4-12(5-7-13)10-14-11-15(17)19(18-14)8-9-20/h4-7,11,20H,8-10,17H2,1-3H3. The van der Waals surface area contributed by atoms with Crippen LogP contribution in [0.25, 0.3) is 0 Å². The largest absolute Gasteiger partial charge is 0.394 e. The number of aromatic nitrogens is 2. The molecule has 0 spiro atoms. The Kier molecular flexibility index (Phi) is 4.14. The van der Waals surface area contributed by atoms with E-state index in [0.717, 1.165) is 12.1 Å². The highest BCUT2D eigenvalue weighted by atomic mass is 16.3. The summed E-state index contributed by atoms with van der Waals surface area (Å²) in [4.78, 5) is 0. The summed E-state index contributed by atoms with van der Waals surface area (Å²) in [6.07, 6.45) is 0.757. The maximum atomic E-state index is 8.93. The molecular formula is C16H23N3O. The molecule has 0 fully saturated rings. The molecule has 0 bridgehead atoms. The fourth-order valence-corrected chi connectivity index (χ4v) is 2.18. The quantitative estimate of drug-likeness (QED) is 0.898. The van der Waals surface area contributed by atoms with Crippen molar-refractivity contribution in [2.45, 2.75) is 39.2 Å². The second-order valence-electron chi connectivity index (χ2n) is 6.13. The molecule has 0 atom stereocenters. The Morgan fingerprint density at radius 1 is 1.20 bits per heavy atom. The number of hydrogen-bond acceptors (Lipinski definition) is 3. The topological polar surface area (TPSA) is 64.1 Å². The number of nitrogens with zero attached hydrogens (tertiary/aromatic N) is 2. The fourth-order valence-electron chi connectivity index (χ4n) is 2.18. The molecule has 0 aliphatic rings. The molecule has 20 heavy (non-hydrogen) atoms. The number of hydrogen-bond donors (Lipinski definition) is 2. The van der Waals surface area contributed by atoms with E-state index >= 15 is 0 Å². The van der Waals surface area contributed by atoms with Gasteiger partial charge in [-0.1, -0.05) is 45.0 Å². The normalized spacial score (nSPS) is 11.8. The van der Waals surface area contributed by atoms with Gasteiger partial charge in [-0.3, -0.25) is 0 Å². The second kappa shape index (κ2) is 5.67. The van der Waals surface area contributed by atoms with Crippen LogP contribution < -0.4 is 5.73 Å². The van der Waals surface area contributed by atoms with Crippen molar-refractivity contribution in [2.24, 2.45) is 0 Å². The Hall–Kier alpha value is -1.81. The second-order valence-corrected chi connectivity index (χ2v) is 6.13. The van der Waals surface area contributed by atoms with E-state index in [2.05, 4.69) is 50.1 Å². The summed E-state index contributed by atoms with van der Waals surface area (Å²) in [5.74, 6) is 0.598. The van der Waals surface area contributed by atoms with Crippen LogP contribution in [0, 0.1) is 0 Å². The molecule has 0 radical (unpaired) electrons. The minimum Gasteiger partial charge on any atom is -0.394 e. The molecule has 0 saturated heterocycles. The zero-order valence-electron chi connectivity index (χ0n) is 12.4. The Balaban J connectivity index is 2.12. The van der Waals surface area contributed by atoms with Gasteiger partial charge in [0, 0.05) is 12.5 Å². The molecule has 2 rings (SSSR count). The van der Waals surface area contributed by atoms with Gasteiger partial charge in [-0.2, -0.15) is 5.10 Å². The zero-order valence-corrected chi connectivity index (χ0v) is 12.4. The fraction of sp³-hybridized carbons (Fsp3) is 0.438. The summed E-state index contributed by atoms with van der Waals surface area (Å²) in [6, 6.07) is 10.5. The molecule has 3 N–H and O–H groups in total. The van der Waals surface area contributed by atoms with Crippen molar-refractivity contribution in [2.75, 3.05) is 12.3 Å². The van der Waals surface area contributed by atoms with Crippen molar-refractivity contribution in [3.63, 3.8) is 0 Å². The Labute approximate surface area is 120 Å². The van der Waals surface area contributed by atoms with E-state index in [1.54, 1.807) is 4.68 Å². The van der Waals surface area contributed by atoms with E-state index in [-0.39, 0.29) is 12.0 Å². The minimum absolute atomic E-state index is 0.0472. The van der Waals surface area contributed by atoms with Crippen LogP contribution in [0.1, 0.15) is 37.6 Å². The van der Waals surface area contributed by atoms with E-state index in [4.69, 9.17) is 10.8 Å². The third kappa shape index (κ3) is 3.39. The molecule has 4 nitrogen and oxygen atoms in total. The van der Waals surface area contributed by atoms with Gasteiger partial charge >= 0.3 is 0 Å².